The first-order chi connectivity index (χ1) is 9.01. The third kappa shape index (κ3) is 2.89. The van der Waals surface area contributed by atoms with Crippen molar-refractivity contribution in [2.24, 2.45) is 7.05 Å². The lowest BCUT2D eigenvalue weighted by atomic mass is 10.1. The third-order valence-corrected chi connectivity index (χ3v) is 3.13. The van der Waals surface area contributed by atoms with E-state index in [0.29, 0.717) is 0 Å². The fourth-order valence-electron chi connectivity index (χ4n) is 2.35. The van der Waals surface area contributed by atoms with Crippen LogP contribution in [-0.4, -0.2) is 9.78 Å². The highest BCUT2D eigenvalue weighted by atomic mass is 15.3. The minimum atomic E-state index is 0.753. The topological polar surface area (TPSA) is 55.9 Å². The quantitative estimate of drug-likeness (QED) is 0.884. The molecule has 0 unspecified atom stereocenters. The molecule has 0 atom stereocenters. The standard InChI is InChI=1S/C15H22N4/c1-5-6-13-14(16)15(19(4)18-13)17-12-8-10(2)7-11(3)9-12/h7-9,17H,5-6,16H2,1-4H3. The Balaban J connectivity index is 2.32. The monoisotopic (exact) mass is 258 g/mol. The normalized spacial score (nSPS) is 10.7. The predicted octanol–water partition coefficient (Wildman–Crippen LogP) is 3.32. The zero-order valence-corrected chi connectivity index (χ0v) is 12.1. The summed E-state index contributed by atoms with van der Waals surface area (Å²) < 4.78 is 1.82. The van der Waals surface area contributed by atoms with Crippen molar-refractivity contribution in [3.05, 3.63) is 35.0 Å². The number of nitrogens with zero attached hydrogens (tertiary/aromatic N) is 2. The van der Waals surface area contributed by atoms with Crippen LogP contribution in [0.15, 0.2) is 18.2 Å². The van der Waals surface area contributed by atoms with Gasteiger partial charge in [-0.1, -0.05) is 19.4 Å². The molecule has 0 radical (unpaired) electrons. The van der Waals surface area contributed by atoms with Crippen LogP contribution in [0, 0.1) is 13.8 Å². The number of aromatic nitrogens is 2. The van der Waals surface area contributed by atoms with E-state index in [4.69, 9.17) is 5.73 Å². The molecule has 4 nitrogen and oxygen atoms in total. The van der Waals surface area contributed by atoms with Gasteiger partial charge in [0.1, 0.15) is 0 Å². The van der Waals surface area contributed by atoms with E-state index in [1.807, 2.05) is 11.7 Å². The van der Waals surface area contributed by atoms with E-state index in [1.165, 1.54) is 11.1 Å². The molecule has 0 amide bonds. The number of hydrogen-bond acceptors (Lipinski definition) is 3. The number of rotatable bonds is 4. The average molecular weight is 258 g/mol. The van der Waals surface area contributed by atoms with E-state index in [0.717, 1.165) is 35.7 Å². The Morgan fingerprint density at radius 3 is 2.42 bits per heavy atom. The summed E-state index contributed by atoms with van der Waals surface area (Å²) in [5.41, 5.74) is 11.4. The first-order valence-electron chi connectivity index (χ1n) is 6.68. The molecule has 1 heterocycles. The molecule has 1 aromatic carbocycles. The number of nitrogens with two attached hydrogens (primary N) is 1. The number of benzene rings is 1. The Hall–Kier alpha value is -1.97. The lowest BCUT2D eigenvalue weighted by Crippen LogP contribution is -2.01. The van der Waals surface area contributed by atoms with Crippen LogP contribution < -0.4 is 11.1 Å². The van der Waals surface area contributed by atoms with Crippen molar-refractivity contribution in [3.8, 4) is 0 Å². The van der Waals surface area contributed by atoms with E-state index >= 15 is 0 Å². The summed E-state index contributed by atoms with van der Waals surface area (Å²) in [6.07, 6.45) is 1.96. The van der Waals surface area contributed by atoms with Crippen molar-refractivity contribution in [2.75, 3.05) is 11.1 Å². The summed E-state index contributed by atoms with van der Waals surface area (Å²) in [5, 5.41) is 7.85. The molecular formula is C15H22N4. The lowest BCUT2D eigenvalue weighted by Gasteiger charge is -2.09. The molecule has 0 bridgehead atoms. The zero-order valence-electron chi connectivity index (χ0n) is 12.1. The number of anilines is 3. The summed E-state index contributed by atoms with van der Waals surface area (Å²) in [7, 11) is 1.92. The van der Waals surface area contributed by atoms with Gasteiger partial charge in [-0.05, 0) is 43.5 Å². The minimum absolute atomic E-state index is 0.753. The van der Waals surface area contributed by atoms with Gasteiger partial charge in [-0.3, -0.25) is 4.68 Å². The predicted molar refractivity (Wildman–Crippen MR) is 80.8 cm³/mol. The van der Waals surface area contributed by atoms with Gasteiger partial charge in [0.15, 0.2) is 5.82 Å². The lowest BCUT2D eigenvalue weighted by molar-refractivity contribution is 0.740. The van der Waals surface area contributed by atoms with E-state index in [1.54, 1.807) is 0 Å². The number of nitrogens with one attached hydrogen (secondary N) is 1. The van der Waals surface area contributed by atoms with Crippen LogP contribution in [0.4, 0.5) is 17.2 Å². The molecule has 0 fully saturated rings. The minimum Gasteiger partial charge on any atom is -0.394 e. The molecule has 1 aromatic heterocycles. The molecule has 0 aliphatic carbocycles. The largest absolute Gasteiger partial charge is 0.394 e. The molecule has 2 rings (SSSR count). The average Bonchev–Trinajstić information content (AvgIpc) is 2.56. The summed E-state index contributed by atoms with van der Waals surface area (Å²) in [5.74, 6) is 0.869. The Labute approximate surface area is 114 Å². The molecule has 0 aliphatic heterocycles. The van der Waals surface area contributed by atoms with Crippen LogP contribution in [0.5, 0.6) is 0 Å². The van der Waals surface area contributed by atoms with Gasteiger partial charge in [0.05, 0.1) is 11.4 Å². The van der Waals surface area contributed by atoms with Gasteiger partial charge in [0.25, 0.3) is 0 Å². The van der Waals surface area contributed by atoms with Crippen LogP contribution in [-0.2, 0) is 13.5 Å². The van der Waals surface area contributed by atoms with E-state index in [-0.39, 0.29) is 0 Å². The van der Waals surface area contributed by atoms with Gasteiger partial charge in [0, 0.05) is 12.7 Å². The van der Waals surface area contributed by atoms with Crippen LogP contribution in [0.25, 0.3) is 0 Å². The van der Waals surface area contributed by atoms with Gasteiger partial charge in [-0.2, -0.15) is 5.10 Å². The second kappa shape index (κ2) is 5.34. The molecule has 102 valence electrons. The third-order valence-electron chi connectivity index (χ3n) is 3.13. The van der Waals surface area contributed by atoms with Crippen LogP contribution in [0.2, 0.25) is 0 Å². The van der Waals surface area contributed by atoms with Crippen molar-refractivity contribution < 1.29 is 0 Å². The van der Waals surface area contributed by atoms with Crippen molar-refractivity contribution >= 4 is 17.2 Å². The van der Waals surface area contributed by atoms with E-state index < -0.39 is 0 Å². The smallest absolute Gasteiger partial charge is 0.152 e. The van der Waals surface area contributed by atoms with Gasteiger partial charge >= 0.3 is 0 Å². The zero-order chi connectivity index (χ0) is 14.0. The summed E-state index contributed by atoms with van der Waals surface area (Å²) in [4.78, 5) is 0. The highest BCUT2D eigenvalue weighted by Crippen LogP contribution is 2.27. The molecule has 0 aliphatic rings. The fraction of sp³-hybridized carbons (Fsp3) is 0.400. The second-order valence-electron chi connectivity index (χ2n) is 5.08. The molecule has 4 heteroatoms. The first kappa shape index (κ1) is 13.5. The molecule has 2 aromatic rings. The van der Waals surface area contributed by atoms with Gasteiger partial charge in [-0.15, -0.1) is 0 Å². The Bertz CT molecular complexity index is 564. The van der Waals surface area contributed by atoms with Crippen molar-refractivity contribution in [2.45, 2.75) is 33.6 Å². The van der Waals surface area contributed by atoms with Crippen molar-refractivity contribution in [1.82, 2.24) is 9.78 Å². The van der Waals surface area contributed by atoms with Crippen molar-refractivity contribution in [3.63, 3.8) is 0 Å². The van der Waals surface area contributed by atoms with Gasteiger partial charge < -0.3 is 11.1 Å². The van der Waals surface area contributed by atoms with Crippen LogP contribution >= 0.6 is 0 Å². The summed E-state index contributed by atoms with van der Waals surface area (Å²) in [6, 6.07) is 6.37. The first-order valence-corrected chi connectivity index (χ1v) is 6.68. The maximum Gasteiger partial charge on any atom is 0.152 e. The SMILES string of the molecule is CCCc1nn(C)c(Nc2cc(C)cc(C)c2)c1N. The summed E-state index contributed by atoms with van der Waals surface area (Å²) >= 11 is 0. The van der Waals surface area contributed by atoms with E-state index in [2.05, 4.69) is 49.4 Å². The molecule has 0 saturated carbocycles. The highest BCUT2D eigenvalue weighted by molar-refractivity contribution is 5.71. The number of nitrogen functional groups attached to an aromatic ring is 1. The maximum atomic E-state index is 6.17. The maximum absolute atomic E-state index is 6.17. The van der Waals surface area contributed by atoms with Gasteiger partial charge in [-0.25, -0.2) is 0 Å². The molecule has 19 heavy (non-hydrogen) atoms. The second-order valence-corrected chi connectivity index (χ2v) is 5.08. The van der Waals surface area contributed by atoms with E-state index in [9.17, 15) is 0 Å². The van der Waals surface area contributed by atoms with Gasteiger partial charge in [0.2, 0.25) is 0 Å². The number of hydrogen-bond donors (Lipinski definition) is 2. The Morgan fingerprint density at radius 2 is 1.84 bits per heavy atom. The van der Waals surface area contributed by atoms with Crippen molar-refractivity contribution in [1.29, 1.82) is 0 Å². The van der Waals surface area contributed by atoms with Crippen LogP contribution in [0.3, 0.4) is 0 Å². The number of aryl methyl sites for hydroxylation is 4. The molecular weight excluding hydrogens is 236 g/mol. The highest BCUT2D eigenvalue weighted by Gasteiger charge is 2.12. The summed E-state index contributed by atoms with van der Waals surface area (Å²) in [6.45, 7) is 6.31. The Kier molecular flexibility index (Phi) is 3.79. The fourth-order valence-corrected chi connectivity index (χ4v) is 2.35. The Morgan fingerprint density at radius 1 is 1.21 bits per heavy atom. The van der Waals surface area contributed by atoms with Crippen LogP contribution in [0.1, 0.15) is 30.2 Å². The molecule has 0 saturated heterocycles. The molecule has 0 spiro atoms. The molecule has 3 N–H and O–H groups in total.